The fourth-order valence-corrected chi connectivity index (χ4v) is 7.24. The Kier molecular flexibility index (Phi) is 15.5. The van der Waals surface area contributed by atoms with E-state index in [1.54, 1.807) is 55.5 Å². The summed E-state index contributed by atoms with van der Waals surface area (Å²) in [6.07, 6.45) is 4.19. The fraction of sp³-hybridized carbons (Fsp3) is 0.477. The number of carbonyl (C=O) groups is 6. The molecule has 1 saturated heterocycles. The van der Waals surface area contributed by atoms with E-state index in [0.717, 1.165) is 27.7 Å². The van der Waals surface area contributed by atoms with Crippen LogP contribution in [0.15, 0.2) is 67.0 Å². The Morgan fingerprint density at radius 1 is 0.817 bits per heavy atom. The summed E-state index contributed by atoms with van der Waals surface area (Å²) < 4.78 is 6.97. The van der Waals surface area contributed by atoms with Crippen molar-refractivity contribution in [2.45, 2.75) is 96.9 Å². The summed E-state index contributed by atoms with van der Waals surface area (Å²) in [6.45, 7) is 8.69. The number of methoxy groups -OCH3 is 1. The first-order valence-electron chi connectivity index (χ1n) is 20.5. The normalized spacial score (nSPS) is 21.4. The molecule has 0 saturated carbocycles. The maximum absolute atomic E-state index is 14.4. The highest BCUT2D eigenvalue weighted by Gasteiger charge is 2.34. The monoisotopic (exact) mass is 825 g/mol. The zero-order valence-electron chi connectivity index (χ0n) is 35.5. The molecule has 1 fully saturated rings. The van der Waals surface area contributed by atoms with Gasteiger partial charge in [-0.3, -0.25) is 33.4 Å². The first-order valence-corrected chi connectivity index (χ1v) is 20.5. The van der Waals surface area contributed by atoms with Crippen LogP contribution in [0, 0.1) is 11.8 Å². The van der Waals surface area contributed by atoms with Gasteiger partial charge in [0.1, 0.15) is 29.9 Å². The number of fused-ring (bicyclic) bond motifs is 1. The third-order valence-electron chi connectivity index (χ3n) is 10.8. The second kappa shape index (κ2) is 20.7. The second-order valence-corrected chi connectivity index (χ2v) is 16.3. The number of carbonyl (C=O) groups excluding carboxylic acids is 6. The zero-order valence-corrected chi connectivity index (χ0v) is 35.5. The van der Waals surface area contributed by atoms with Gasteiger partial charge in [-0.05, 0) is 67.0 Å². The van der Waals surface area contributed by atoms with Crippen molar-refractivity contribution >= 4 is 46.3 Å². The number of nitrogens with one attached hydrogen (secondary N) is 6. The quantitative estimate of drug-likeness (QED) is 0.132. The third-order valence-corrected chi connectivity index (χ3v) is 10.8. The molecule has 5 atom stereocenters. The van der Waals surface area contributed by atoms with Gasteiger partial charge in [-0.25, -0.2) is 0 Å². The predicted molar refractivity (Wildman–Crippen MR) is 226 cm³/mol. The van der Waals surface area contributed by atoms with E-state index >= 15 is 0 Å². The molecular formula is C44H59N9O7. The molecule has 0 bridgehead atoms. The van der Waals surface area contributed by atoms with Crippen molar-refractivity contribution in [3.63, 3.8) is 0 Å². The summed E-state index contributed by atoms with van der Waals surface area (Å²) in [5, 5.41) is 19.4. The Balaban J connectivity index is 1.52. The molecule has 0 radical (unpaired) electrons. The van der Waals surface area contributed by atoms with Crippen LogP contribution in [-0.4, -0.2) is 106 Å². The second-order valence-electron chi connectivity index (χ2n) is 16.3. The first kappa shape index (κ1) is 44.9. The van der Waals surface area contributed by atoms with Crippen LogP contribution in [-0.2, 0) is 55.1 Å². The van der Waals surface area contributed by atoms with Gasteiger partial charge < -0.3 is 41.2 Å². The van der Waals surface area contributed by atoms with Gasteiger partial charge in [-0.2, -0.15) is 5.10 Å². The number of nitrogens with zero attached hydrogens (tertiary/aromatic N) is 3. The molecule has 4 aromatic rings. The number of hydrogen-bond donors (Lipinski definition) is 6. The van der Waals surface area contributed by atoms with Crippen molar-refractivity contribution in [2.75, 3.05) is 20.2 Å². The molecular weight excluding hydrogens is 767 g/mol. The number of H-pyrrole nitrogens is 1. The van der Waals surface area contributed by atoms with Crippen LogP contribution in [0.3, 0.4) is 0 Å². The molecule has 60 heavy (non-hydrogen) atoms. The van der Waals surface area contributed by atoms with Gasteiger partial charge in [0.15, 0.2) is 0 Å². The van der Waals surface area contributed by atoms with E-state index in [1.807, 2.05) is 58.0 Å². The lowest BCUT2D eigenvalue weighted by Gasteiger charge is -2.32. The van der Waals surface area contributed by atoms with E-state index in [1.165, 1.54) is 11.8 Å². The lowest BCUT2D eigenvalue weighted by molar-refractivity contribution is -0.138. The number of aryl methyl sites for hydroxylation is 2. The van der Waals surface area contributed by atoms with Crippen LogP contribution in [0.2, 0.25) is 0 Å². The number of hydrogen-bond acceptors (Lipinski definition) is 8. The smallest absolute Gasteiger partial charge is 0.243 e. The lowest BCUT2D eigenvalue weighted by Crippen LogP contribution is -2.60. The molecule has 0 unspecified atom stereocenters. The summed E-state index contributed by atoms with van der Waals surface area (Å²) >= 11 is 0. The average Bonchev–Trinajstić information content (AvgIpc) is 3.82. The van der Waals surface area contributed by atoms with Crippen molar-refractivity contribution in [2.24, 2.45) is 18.9 Å². The number of amides is 6. The molecule has 0 aliphatic carbocycles. The predicted octanol–water partition coefficient (Wildman–Crippen LogP) is 2.32. The van der Waals surface area contributed by atoms with Crippen LogP contribution < -0.4 is 31.3 Å². The average molecular weight is 826 g/mol. The Morgan fingerprint density at radius 3 is 2.15 bits per heavy atom. The van der Waals surface area contributed by atoms with Gasteiger partial charge in [0.2, 0.25) is 35.4 Å². The maximum atomic E-state index is 14.4. The Bertz CT molecular complexity index is 2130. The highest BCUT2D eigenvalue weighted by molar-refractivity contribution is 5.96. The van der Waals surface area contributed by atoms with Crippen LogP contribution in [0.4, 0.5) is 0 Å². The standard InChI is InChI=1S/C44H59N9O7/c1-26(2)20-35-43(58)50-36(21-29-12-15-32(60-7)16-13-29)42(57)47-28(5)41(56)51-38(27(3)4)24-53(40(55)17-14-31-18-19-46-52(31)6)25-39(54)48-37(44(59)49-35)22-30-23-45-34-11-9-8-10-33(30)34/h8-13,15-16,18-19,23,26-28,35-38,45H,14,17,20-22,24-25H2,1-7H3,(H,47,57)(H,48,54)(H,49,59)(H,50,58)(H,51,56)/t28-,35+,36+,37-,38-/m1/s1. The van der Waals surface area contributed by atoms with Crippen LogP contribution in [0.25, 0.3) is 10.9 Å². The van der Waals surface area contributed by atoms with E-state index in [2.05, 4.69) is 36.7 Å². The zero-order chi connectivity index (χ0) is 43.5. The Morgan fingerprint density at radius 2 is 1.48 bits per heavy atom. The van der Waals surface area contributed by atoms with Crippen molar-refractivity contribution in [3.8, 4) is 5.75 Å². The van der Waals surface area contributed by atoms with E-state index < -0.39 is 66.3 Å². The highest BCUT2D eigenvalue weighted by atomic mass is 16.5. The molecule has 1 aliphatic heterocycles. The van der Waals surface area contributed by atoms with Crippen LogP contribution >= 0.6 is 0 Å². The Labute approximate surface area is 350 Å². The lowest BCUT2D eigenvalue weighted by atomic mass is 9.99. The van der Waals surface area contributed by atoms with Gasteiger partial charge in [-0.15, -0.1) is 0 Å². The summed E-state index contributed by atoms with van der Waals surface area (Å²) in [5.74, 6) is -2.89. The summed E-state index contributed by atoms with van der Waals surface area (Å²) in [7, 11) is 3.33. The van der Waals surface area contributed by atoms with E-state index in [-0.39, 0.29) is 50.0 Å². The van der Waals surface area contributed by atoms with Gasteiger partial charge in [0.25, 0.3) is 0 Å². The Hall–Kier alpha value is -6.19. The molecule has 2 aromatic carbocycles. The van der Waals surface area contributed by atoms with E-state index in [0.29, 0.717) is 12.2 Å². The number of rotatable bonds is 11. The maximum Gasteiger partial charge on any atom is 0.243 e. The molecule has 5 rings (SSSR count). The number of aromatic amines is 1. The topological polar surface area (TPSA) is 209 Å². The van der Waals surface area contributed by atoms with Gasteiger partial charge in [-0.1, -0.05) is 58.0 Å². The first-order chi connectivity index (χ1) is 28.6. The third kappa shape index (κ3) is 12.2. The minimum atomic E-state index is -1.16. The minimum absolute atomic E-state index is 0.0202. The van der Waals surface area contributed by atoms with Crippen molar-refractivity contribution in [1.82, 2.24) is 46.2 Å². The molecule has 2 aromatic heterocycles. The van der Waals surface area contributed by atoms with Gasteiger partial charge in [0, 0.05) is 67.9 Å². The van der Waals surface area contributed by atoms with Crippen LogP contribution in [0.1, 0.15) is 64.3 Å². The van der Waals surface area contributed by atoms with Crippen molar-refractivity contribution in [1.29, 1.82) is 0 Å². The van der Waals surface area contributed by atoms with E-state index in [9.17, 15) is 28.8 Å². The summed E-state index contributed by atoms with van der Waals surface area (Å²) in [6, 6.07) is 11.4. The van der Waals surface area contributed by atoms with Crippen molar-refractivity contribution in [3.05, 3.63) is 83.8 Å². The largest absolute Gasteiger partial charge is 0.497 e. The molecule has 322 valence electrons. The van der Waals surface area contributed by atoms with Crippen LogP contribution in [0.5, 0.6) is 5.75 Å². The molecule has 6 N–H and O–H groups in total. The van der Waals surface area contributed by atoms with Gasteiger partial charge >= 0.3 is 0 Å². The molecule has 16 heteroatoms. The SMILES string of the molecule is COc1ccc(C[C@@H]2NC(=O)[C@H](CC(C)C)NC(=O)[C@@H](Cc3c[nH]c4ccccc34)NC(=O)CN(C(=O)CCc3ccnn3C)C[C@H](C(C)C)NC(=O)[C@@H](C)NC2=O)cc1. The highest BCUT2D eigenvalue weighted by Crippen LogP contribution is 2.20. The van der Waals surface area contributed by atoms with E-state index in [4.69, 9.17) is 4.74 Å². The summed E-state index contributed by atoms with van der Waals surface area (Å²) in [4.78, 5) is 89.1. The molecule has 3 heterocycles. The number of para-hydroxylation sites is 1. The molecule has 0 spiro atoms. The molecule has 1 aliphatic rings. The minimum Gasteiger partial charge on any atom is -0.497 e. The number of aromatic nitrogens is 3. The molecule has 6 amide bonds. The molecule has 16 nitrogen and oxygen atoms in total. The number of benzene rings is 2. The number of ether oxygens (including phenoxy) is 1. The summed E-state index contributed by atoms with van der Waals surface area (Å²) in [5.41, 5.74) is 3.15. The fourth-order valence-electron chi connectivity index (χ4n) is 7.24. The van der Waals surface area contributed by atoms with Crippen molar-refractivity contribution < 1.29 is 33.5 Å². The van der Waals surface area contributed by atoms with Gasteiger partial charge in [0.05, 0.1) is 13.7 Å².